The largest absolute Gasteiger partial charge is 0.483 e. The number of ketones is 1. The summed E-state index contributed by atoms with van der Waals surface area (Å²) in [4.78, 5) is 28.4. The Morgan fingerprint density at radius 2 is 1.89 bits per heavy atom. The van der Waals surface area contributed by atoms with E-state index >= 15 is 0 Å². The van der Waals surface area contributed by atoms with Gasteiger partial charge in [0.25, 0.3) is 5.91 Å². The molecule has 4 atom stereocenters. The normalized spacial score (nSPS) is 29.5. The third-order valence-electron chi connectivity index (χ3n) is 5.90. The lowest BCUT2D eigenvalue weighted by Crippen LogP contribution is -2.41. The van der Waals surface area contributed by atoms with Crippen molar-refractivity contribution < 1.29 is 18.7 Å². The van der Waals surface area contributed by atoms with Crippen LogP contribution in [0.1, 0.15) is 36.6 Å². The highest BCUT2D eigenvalue weighted by atomic mass is 35.5. The van der Waals surface area contributed by atoms with Gasteiger partial charge in [0.05, 0.1) is 30.3 Å². The molecule has 28 heavy (non-hydrogen) atoms. The number of ether oxygens (including phenoxy) is 1. The monoisotopic (exact) mass is 397 g/mol. The smallest absolute Gasteiger partial charge is 0.290 e. The molecule has 5 rings (SSSR count). The van der Waals surface area contributed by atoms with E-state index in [2.05, 4.69) is 0 Å². The maximum absolute atomic E-state index is 13.5. The predicted octanol–water partition coefficient (Wildman–Crippen LogP) is 3.99. The molecule has 1 aliphatic carbocycles. The molecule has 2 aromatic rings. The first kappa shape index (κ1) is 17.6. The lowest BCUT2D eigenvalue weighted by Gasteiger charge is -2.37. The van der Waals surface area contributed by atoms with E-state index in [9.17, 15) is 9.59 Å². The van der Waals surface area contributed by atoms with Gasteiger partial charge in [-0.15, -0.1) is 11.6 Å². The van der Waals surface area contributed by atoms with E-state index < -0.39 is 6.04 Å². The van der Waals surface area contributed by atoms with Gasteiger partial charge < -0.3 is 14.1 Å². The topological polar surface area (TPSA) is 59.8 Å². The number of halogens is 1. The van der Waals surface area contributed by atoms with Crippen molar-refractivity contribution in [3.8, 4) is 0 Å². The second-order valence-corrected chi connectivity index (χ2v) is 8.22. The number of fused-ring (bicyclic) bond motifs is 1. The minimum absolute atomic E-state index is 0.000693. The summed E-state index contributed by atoms with van der Waals surface area (Å²) in [6.45, 7) is 0.280. The minimum Gasteiger partial charge on any atom is -0.483 e. The molecule has 0 bridgehead atoms. The molecule has 0 radical (unpaired) electrons. The summed E-state index contributed by atoms with van der Waals surface area (Å²) in [5.41, 5.74) is 1.36. The van der Waals surface area contributed by atoms with Crippen molar-refractivity contribution in [1.82, 2.24) is 4.90 Å². The fourth-order valence-electron chi connectivity index (χ4n) is 4.58. The maximum atomic E-state index is 13.5. The molecule has 6 heteroatoms. The number of carbonyl (C=O) groups is 2. The highest BCUT2D eigenvalue weighted by Crippen LogP contribution is 2.47. The van der Waals surface area contributed by atoms with Crippen molar-refractivity contribution >= 4 is 23.3 Å². The zero-order valence-corrected chi connectivity index (χ0v) is 16.0. The van der Waals surface area contributed by atoms with Crippen LogP contribution in [0, 0.1) is 5.92 Å². The molecule has 4 unspecified atom stereocenters. The van der Waals surface area contributed by atoms with Gasteiger partial charge in [0.2, 0.25) is 0 Å². The Balaban J connectivity index is 1.58. The van der Waals surface area contributed by atoms with Gasteiger partial charge in [-0.1, -0.05) is 30.3 Å². The number of hydrogen-bond acceptors (Lipinski definition) is 4. The Bertz CT molecular complexity index is 937. The van der Waals surface area contributed by atoms with Gasteiger partial charge in [0.15, 0.2) is 11.5 Å². The first-order valence-corrected chi connectivity index (χ1v) is 10.0. The molecular weight excluding hydrogens is 378 g/mol. The van der Waals surface area contributed by atoms with E-state index in [0.29, 0.717) is 24.2 Å². The van der Waals surface area contributed by atoms with Crippen molar-refractivity contribution in [3.05, 3.63) is 71.4 Å². The van der Waals surface area contributed by atoms with E-state index in [1.807, 2.05) is 36.4 Å². The quantitative estimate of drug-likeness (QED) is 0.735. The van der Waals surface area contributed by atoms with E-state index in [0.717, 1.165) is 12.0 Å². The predicted molar refractivity (Wildman–Crippen MR) is 102 cm³/mol. The van der Waals surface area contributed by atoms with Crippen molar-refractivity contribution in [3.63, 3.8) is 0 Å². The van der Waals surface area contributed by atoms with Crippen LogP contribution in [0.4, 0.5) is 0 Å². The molecule has 1 amide bonds. The number of benzene rings is 1. The Labute approximate surface area is 167 Å². The molecular formula is C22H20ClNO4. The van der Waals surface area contributed by atoms with Gasteiger partial charge in [-0.2, -0.15) is 0 Å². The number of Topliss-reactive ketones (excluding diaryl/α,β-unsaturated/α-hetero) is 1. The number of rotatable bonds is 3. The summed E-state index contributed by atoms with van der Waals surface area (Å²) in [6, 6.07) is 12.8. The highest BCUT2D eigenvalue weighted by Gasteiger charge is 2.52. The zero-order valence-electron chi connectivity index (χ0n) is 15.2. The second-order valence-electron chi connectivity index (χ2n) is 7.61. The Kier molecular flexibility index (Phi) is 4.27. The molecule has 1 aromatic heterocycles. The van der Waals surface area contributed by atoms with E-state index in [4.69, 9.17) is 20.8 Å². The molecule has 1 fully saturated rings. The summed E-state index contributed by atoms with van der Waals surface area (Å²) < 4.78 is 11.6. The van der Waals surface area contributed by atoms with Gasteiger partial charge in [-0.05, 0) is 37.0 Å². The lowest BCUT2D eigenvalue weighted by molar-refractivity contribution is -0.135. The van der Waals surface area contributed by atoms with E-state index in [1.165, 1.54) is 0 Å². The minimum atomic E-state index is -0.474. The summed E-state index contributed by atoms with van der Waals surface area (Å²) in [7, 11) is 0. The third-order valence-corrected chi connectivity index (χ3v) is 6.30. The summed E-state index contributed by atoms with van der Waals surface area (Å²) in [5, 5.41) is -0.0255. The van der Waals surface area contributed by atoms with Gasteiger partial charge in [-0.3, -0.25) is 9.59 Å². The van der Waals surface area contributed by atoms with Gasteiger partial charge in [-0.25, -0.2) is 0 Å². The van der Waals surface area contributed by atoms with Crippen LogP contribution in [0.3, 0.4) is 0 Å². The summed E-state index contributed by atoms with van der Waals surface area (Å²) in [6.07, 6.45) is 3.41. The van der Waals surface area contributed by atoms with Crippen molar-refractivity contribution in [1.29, 1.82) is 0 Å². The number of hydrogen-bond donors (Lipinski definition) is 0. The molecule has 1 saturated carbocycles. The maximum Gasteiger partial charge on any atom is 0.290 e. The summed E-state index contributed by atoms with van der Waals surface area (Å²) >= 11 is 6.34. The van der Waals surface area contributed by atoms with E-state index in [-0.39, 0.29) is 41.4 Å². The first-order chi connectivity index (χ1) is 13.6. The Morgan fingerprint density at radius 3 is 2.64 bits per heavy atom. The number of furan rings is 1. The van der Waals surface area contributed by atoms with Gasteiger partial charge >= 0.3 is 0 Å². The standard InChI is InChI=1S/C22H20ClNO4/c23-14-8-9-17-16(11-14)20(25)18-19(13-5-2-1-3-6-13)24(22(26)21(18)28-17)12-15-7-4-10-27-15/h1-7,10,14,16-17,19H,8-9,11-12H2. The van der Waals surface area contributed by atoms with Gasteiger partial charge in [0, 0.05) is 5.38 Å². The molecule has 2 aliphatic heterocycles. The second kappa shape index (κ2) is 6.82. The van der Waals surface area contributed by atoms with Crippen LogP contribution < -0.4 is 0 Å². The first-order valence-electron chi connectivity index (χ1n) is 9.61. The number of amides is 1. The van der Waals surface area contributed by atoms with E-state index in [1.54, 1.807) is 17.2 Å². The van der Waals surface area contributed by atoms with Crippen LogP contribution in [-0.4, -0.2) is 28.1 Å². The fraction of sp³-hybridized carbons (Fsp3) is 0.364. The molecule has 144 valence electrons. The van der Waals surface area contributed by atoms with Crippen LogP contribution in [-0.2, 0) is 20.9 Å². The third kappa shape index (κ3) is 2.76. The van der Waals surface area contributed by atoms with Crippen LogP contribution in [0.15, 0.2) is 64.5 Å². The number of carbonyl (C=O) groups excluding carboxylic acids is 2. The van der Waals surface area contributed by atoms with Crippen molar-refractivity contribution in [2.75, 3.05) is 0 Å². The highest BCUT2D eigenvalue weighted by molar-refractivity contribution is 6.21. The number of nitrogens with zero attached hydrogens (tertiary/aromatic N) is 1. The van der Waals surface area contributed by atoms with Gasteiger partial charge in [0.1, 0.15) is 11.9 Å². The average molecular weight is 398 g/mol. The molecule has 3 heterocycles. The summed E-state index contributed by atoms with van der Waals surface area (Å²) in [5.74, 6) is 0.345. The van der Waals surface area contributed by atoms with Crippen LogP contribution in [0.2, 0.25) is 0 Å². The van der Waals surface area contributed by atoms with Crippen LogP contribution in [0.25, 0.3) is 0 Å². The fourth-order valence-corrected chi connectivity index (χ4v) is 4.90. The van der Waals surface area contributed by atoms with Crippen molar-refractivity contribution in [2.45, 2.75) is 43.3 Å². The SMILES string of the molecule is O=C1C2=C(OC3CCC(Cl)CC13)C(=O)N(Cc1ccco1)C2c1ccccc1. The lowest BCUT2D eigenvalue weighted by atomic mass is 9.77. The number of alkyl halides is 1. The average Bonchev–Trinajstić information content (AvgIpc) is 3.31. The molecule has 3 aliphatic rings. The van der Waals surface area contributed by atoms with Crippen LogP contribution in [0.5, 0.6) is 0 Å². The Hall–Kier alpha value is -2.53. The molecule has 1 aromatic carbocycles. The molecule has 0 saturated heterocycles. The molecule has 5 nitrogen and oxygen atoms in total. The zero-order chi connectivity index (χ0) is 19.3. The molecule has 0 N–H and O–H groups in total. The van der Waals surface area contributed by atoms with Crippen molar-refractivity contribution in [2.24, 2.45) is 5.92 Å². The van der Waals surface area contributed by atoms with Crippen LogP contribution >= 0.6 is 11.6 Å². The molecule has 0 spiro atoms. The Morgan fingerprint density at radius 1 is 1.07 bits per heavy atom.